The monoisotopic (exact) mass is 473 g/mol. The average molecular weight is 474 g/mol. The lowest BCUT2D eigenvalue weighted by Gasteiger charge is -2.15. The summed E-state index contributed by atoms with van der Waals surface area (Å²) in [6.45, 7) is 5.65. The predicted molar refractivity (Wildman–Crippen MR) is 139 cm³/mol. The number of methoxy groups -OCH3 is 1. The number of likely N-dealkylation sites (N-methyl/N-ethyl adjacent to an activating group) is 1. The van der Waals surface area contributed by atoms with Crippen molar-refractivity contribution in [1.82, 2.24) is 14.9 Å². The number of rotatable bonds is 9. The third kappa shape index (κ3) is 5.63. The van der Waals surface area contributed by atoms with Crippen LogP contribution in [0.25, 0.3) is 22.3 Å². The highest BCUT2D eigenvalue weighted by molar-refractivity contribution is 5.87. The Morgan fingerprint density at radius 3 is 2.34 bits per heavy atom. The summed E-state index contributed by atoms with van der Waals surface area (Å²) in [4.78, 5) is 22.8. The van der Waals surface area contributed by atoms with E-state index in [1.54, 1.807) is 19.2 Å². The Morgan fingerprint density at radius 2 is 1.69 bits per heavy atom. The number of ether oxygens (including phenoxy) is 3. The molecule has 0 bridgehead atoms. The number of hydrogen-bond acceptors (Lipinski definition) is 6. The first kappa shape index (κ1) is 24.3. The second-order valence-corrected chi connectivity index (χ2v) is 8.80. The van der Waals surface area contributed by atoms with Gasteiger partial charge in [-0.2, -0.15) is 0 Å². The van der Waals surface area contributed by atoms with Gasteiger partial charge in [0.2, 0.25) is 0 Å². The van der Waals surface area contributed by atoms with Crippen molar-refractivity contribution in [2.75, 3.05) is 34.4 Å². The minimum atomic E-state index is -0.257. The van der Waals surface area contributed by atoms with E-state index in [0.29, 0.717) is 41.4 Å². The molecule has 7 heteroatoms. The van der Waals surface area contributed by atoms with E-state index in [1.165, 1.54) is 0 Å². The molecule has 0 aliphatic carbocycles. The van der Waals surface area contributed by atoms with E-state index in [9.17, 15) is 4.79 Å². The molecule has 1 heterocycles. The quantitative estimate of drug-likeness (QED) is 0.379. The minimum Gasteiger partial charge on any atom is -0.497 e. The van der Waals surface area contributed by atoms with Gasteiger partial charge in [-0.3, -0.25) is 4.79 Å². The molecule has 0 saturated carbocycles. The molecular formula is C28H31N3O4. The van der Waals surface area contributed by atoms with Crippen molar-refractivity contribution in [1.29, 1.82) is 0 Å². The van der Waals surface area contributed by atoms with Crippen LogP contribution in [0.1, 0.15) is 16.7 Å². The van der Waals surface area contributed by atoms with E-state index in [2.05, 4.69) is 4.98 Å². The molecule has 3 aromatic carbocycles. The zero-order valence-corrected chi connectivity index (χ0v) is 20.8. The number of aromatic amines is 1. The van der Waals surface area contributed by atoms with Crippen LogP contribution >= 0.6 is 0 Å². The molecule has 0 radical (unpaired) electrons. The van der Waals surface area contributed by atoms with Gasteiger partial charge in [-0.15, -0.1) is 0 Å². The van der Waals surface area contributed by atoms with Crippen LogP contribution in [0.15, 0.2) is 59.4 Å². The van der Waals surface area contributed by atoms with Gasteiger partial charge in [-0.05, 0) is 56.8 Å². The summed E-state index contributed by atoms with van der Waals surface area (Å²) in [7, 11) is 5.52. The molecule has 4 aromatic rings. The second kappa shape index (κ2) is 10.6. The number of nitrogens with one attached hydrogen (secondary N) is 1. The number of hydrogen-bond donors (Lipinski definition) is 1. The Morgan fingerprint density at radius 1 is 0.971 bits per heavy atom. The van der Waals surface area contributed by atoms with Gasteiger partial charge in [0.1, 0.15) is 41.7 Å². The maximum absolute atomic E-state index is 13.1. The zero-order valence-electron chi connectivity index (χ0n) is 20.8. The molecule has 4 rings (SSSR count). The molecule has 35 heavy (non-hydrogen) atoms. The summed E-state index contributed by atoms with van der Waals surface area (Å²) in [6.07, 6.45) is 0. The average Bonchev–Trinajstić information content (AvgIpc) is 2.83. The first-order chi connectivity index (χ1) is 16.9. The Kier molecular flexibility index (Phi) is 7.36. The van der Waals surface area contributed by atoms with Crippen molar-refractivity contribution in [2.45, 2.75) is 20.5 Å². The Hall–Kier alpha value is -3.84. The van der Waals surface area contributed by atoms with Crippen molar-refractivity contribution in [2.24, 2.45) is 0 Å². The molecule has 0 saturated heterocycles. The van der Waals surface area contributed by atoms with E-state index >= 15 is 0 Å². The lowest BCUT2D eigenvalue weighted by atomic mass is 10.0. The largest absolute Gasteiger partial charge is 0.497 e. The van der Waals surface area contributed by atoms with E-state index in [4.69, 9.17) is 19.2 Å². The third-order valence-electron chi connectivity index (χ3n) is 5.74. The van der Waals surface area contributed by atoms with Crippen LogP contribution in [-0.2, 0) is 6.61 Å². The van der Waals surface area contributed by atoms with E-state index in [1.807, 2.05) is 75.3 Å². The molecule has 1 aromatic heterocycles. The molecule has 182 valence electrons. The summed E-state index contributed by atoms with van der Waals surface area (Å²) < 4.78 is 17.5. The molecule has 0 aliphatic rings. The van der Waals surface area contributed by atoms with Crippen molar-refractivity contribution in [3.8, 4) is 28.6 Å². The smallest absolute Gasteiger partial charge is 0.262 e. The number of benzene rings is 3. The first-order valence-corrected chi connectivity index (χ1v) is 11.5. The van der Waals surface area contributed by atoms with Crippen LogP contribution in [-0.4, -0.2) is 49.2 Å². The van der Waals surface area contributed by atoms with Crippen LogP contribution in [0.2, 0.25) is 0 Å². The second-order valence-electron chi connectivity index (χ2n) is 8.80. The molecule has 0 atom stereocenters. The predicted octanol–water partition coefficient (Wildman–Crippen LogP) is 4.73. The number of nitrogens with zero attached hydrogens (tertiary/aromatic N) is 2. The van der Waals surface area contributed by atoms with Crippen molar-refractivity contribution in [3.63, 3.8) is 0 Å². The first-order valence-electron chi connectivity index (χ1n) is 11.5. The van der Waals surface area contributed by atoms with Crippen molar-refractivity contribution in [3.05, 3.63) is 81.6 Å². The van der Waals surface area contributed by atoms with Crippen molar-refractivity contribution >= 4 is 10.9 Å². The van der Waals surface area contributed by atoms with Crippen LogP contribution in [0.3, 0.4) is 0 Å². The summed E-state index contributed by atoms with van der Waals surface area (Å²) >= 11 is 0. The van der Waals surface area contributed by atoms with E-state index < -0.39 is 0 Å². The number of aromatic nitrogens is 2. The van der Waals surface area contributed by atoms with Crippen molar-refractivity contribution < 1.29 is 14.2 Å². The molecular weight excluding hydrogens is 442 g/mol. The number of fused-ring (bicyclic) bond motifs is 1. The summed E-state index contributed by atoms with van der Waals surface area (Å²) in [5.41, 5.74) is 4.11. The highest BCUT2D eigenvalue weighted by Crippen LogP contribution is 2.32. The fourth-order valence-corrected chi connectivity index (χ4v) is 3.96. The lowest BCUT2D eigenvalue weighted by molar-refractivity contribution is 0.262. The van der Waals surface area contributed by atoms with Gasteiger partial charge in [0.05, 0.1) is 12.6 Å². The lowest BCUT2D eigenvalue weighted by Crippen LogP contribution is -2.20. The number of aryl methyl sites for hydroxylation is 2. The topological polar surface area (TPSA) is 76.7 Å². The van der Waals surface area contributed by atoms with E-state index in [0.717, 1.165) is 34.5 Å². The maximum atomic E-state index is 13.1. The molecule has 1 N–H and O–H groups in total. The minimum absolute atomic E-state index is 0.257. The molecule has 0 unspecified atom stereocenters. The Bertz CT molecular complexity index is 1360. The molecule has 0 fully saturated rings. The third-order valence-corrected chi connectivity index (χ3v) is 5.74. The highest BCUT2D eigenvalue weighted by Gasteiger charge is 2.15. The van der Waals surface area contributed by atoms with Gasteiger partial charge < -0.3 is 24.1 Å². The maximum Gasteiger partial charge on any atom is 0.262 e. The van der Waals surface area contributed by atoms with Crippen LogP contribution < -0.4 is 19.8 Å². The normalized spacial score (nSPS) is 11.1. The highest BCUT2D eigenvalue weighted by atomic mass is 16.5. The van der Waals surface area contributed by atoms with Gasteiger partial charge in [0.15, 0.2) is 0 Å². The summed E-state index contributed by atoms with van der Waals surface area (Å²) in [6, 6.07) is 17.5. The fraction of sp³-hybridized carbons (Fsp3) is 0.286. The van der Waals surface area contributed by atoms with Crippen LogP contribution in [0.5, 0.6) is 17.2 Å². The molecule has 0 amide bonds. The zero-order chi connectivity index (χ0) is 24.9. The van der Waals surface area contributed by atoms with E-state index in [-0.39, 0.29) is 5.56 Å². The fourth-order valence-electron chi connectivity index (χ4n) is 3.96. The van der Waals surface area contributed by atoms with Gasteiger partial charge in [-0.25, -0.2) is 4.98 Å². The molecule has 0 spiro atoms. The van der Waals surface area contributed by atoms with Crippen LogP contribution in [0.4, 0.5) is 0 Å². The van der Waals surface area contributed by atoms with Gasteiger partial charge >= 0.3 is 0 Å². The van der Waals surface area contributed by atoms with Gasteiger partial charge in [0.25, 0.3) is 5.56 Å². The van der Waals surface area contributed by atoms with Gasteiger partial charge in [0, 0.05) is 24.2 Å². The Balaban J connectivity index is 1.68. The standard InChI is InChI=1S/C28H31N3O4/c1-18-13-21(14-19(2)26(18)35-17-20-9-7-6-8-10-20)27-29-23-15-22(33-5)16-24(25(23)28(32)30-27)34-12-11-31(3)4/h6-10,13-16H,11-12,17H2,1-5H3,(H,29,30,32). The van der Waals surface area contributed by atoms with Gasteiger partial charge in [-0.1, -0.05) is 30.3 Å². The summed E-state index contributed by atoms with van der Waals surface area (Å²) in [5, 5.41) is 0.407. The molecule has 7 nitrogen and oxygen atoms in total. The van der Waals surface area contributed by atoms with Crippen LogP contribution in [0, 0.1) is 13.8 Å². The SMILES string of the molecule is COc1cc(OCCN(C)C)c2c(=O)[nH]c(-c3cc(C)c(OCc4ccccc4)c(C)c3)nc2c1. The number of H-pyrrole nitrogens is 1. The Labute approximate surface area is 205 Å². The molecule has 0 aliphatic heterocycles. The summed E-state index contributed by atoms with van der Waals surface area (Å²) in [5.74, 6) is 2.35.